The van der Waals surface area contributed by atoms with Crippen LogP contribution in [0, 0.1) is 0 Å². The number of azide groups is 1. The van der Waals surface area contributed by atoms with Crippen molar-refractivity contribution < 1.29 is 9.21 Å². The van der Waals surface area contributed by atoms with Crippen LogP contribution in [0.15, 0.2) is 38.3 Å². The summed E-state index contributed by atoms with van der Waals surface area (Å²) in [6, 6.07) is 7.33. The zero-order valence-corrected chi connectivity index (χ0v) is 12.9. The van der Waals surface area contributed by atoms with Gasteiger partial charge in [-0.05, 0) is 36.7 Å². The maximum atomic E-state index is 11.8. The van der Waals surface area contributed by atoms with Gasteiger partial charge in [0.1, 0.15) is 11.3 Å². The van der Waals surface area contributed by atoms with E-state index in [2.05, 4.69) is 31.3 Å². The summed E-state index contributed by atoms with van der Waals surface area (Å²) in [7, 11) is 0. The second-order valence-electron chi connectivity index (χ2n) is 4.66. The first-order valence-electron chi connectivity index (χ1n) is 6.23. The molecule has 7 nitrogen and oxygen atoms in total. The lowest BCUT2D eigenvalue weighted by molar-refractivity contribution is -0.124. The first kappa shape index (κ1) is 15.4. The Labute approximate surface area is 129 Å². The van der Waals surface area contributed by atoms with Crippen LogP contribution in [0.3, 0.4) is 0 Å². The van der Waals surface area contributed by atoms with Crippen molar-refractivity contribution in [3.05, 3.63) is 44.9 Å². The highest BCUT2D eigenvalue weighted by Gasteiger charge is 2.36. The number of nitrogens with one attached hydrogen (secondary N) is 1. The number of fused-ring (bicyclic) bond motifs is 1. The molecule has 1 heterocycles. The van der Waals surface area contributed by atoms with E-state index in [-0.39, 0.29) is 6.54 Å². The maximum Gasteiger partial charge on any atom is 0.245 e. The smallest absolute Gasteiger partial charge is 0.245 e. The van der Waals surface area contributed by atoms with Gasteiger partial charge >= 0.3 is 0 Å². The van der Waals surface area contributed by atoms with E-state index in [1.807, 2.05) is 18.2 Å². The van der Waals surface area contributed by atoms with Crippen molar-refractivity contribution >= 4 is 32.8 Å². The highest BCUT2D eigenvalue weighted by atomic mass is 79.9. The average molecular weight is 352 g/mol. The van der Waals surface area contributed by atoms with E-state index in [9.17, 15) is 4.79 Å². The second-order valence-corrected chi connectivity index (χ2v) is 5.58. The Bertz CT molecular complexity index is 722. The summed E-state index contributed by atoms with van der Waals surface area (Å²) in [5, 5.41) is 7.25. The molecule has 0 bridgehead atoms. The van der Waals surface area contributed by atoms with Gasteiger partial charge in [0.25, 0.3) is 0 Å². The number of carbonyl (C=O) groups is 1. The van der Waals surface area contributed by atoms with Crippen molar-refractivity contribution in [1.82, 2.24) is 5.32 Å². The number of carbonyl (C=O) groups excluding carboxylic acids is 1. The molecule has 1 unspecified atom stereocenters. The maximum absolute atomic E-state index is 11.8. The number of nitrogens with two attached hydrogens (primary N) is 1. The predicted octanol–water partition coefficient (Wildman–Crippen LogP) is 2.80. The highest BCUT2D eigenvalue weighted by Crippen LogP contribution is 2.29. The molecular formula is C13H14BrN5O2. The number of halogens is 1. The summed E-state index contributed by atoms with van der Waals surface area (Å²) in [6.45, 7) is 2.16. The first-order chi connectivity index (χ1) is 9.97. The van der Waals surface area contributed by atoms with Crippen molar-refractivity contribution in [3.63, 3.8) is 0 Å². The van der Waals surface area contributed by atoms with Crippen molar-refractivity contribution in [3.8, 4) is 0 Å². The van der Waals surface area contributed by atoms with E-state index in [0.717, 1.165) is 9.86 Å². The Morgan fingerprint density at radius 3 is 3.00 bits per heavy atom. The largest absolute Gasteiger partial charge is 0.459 e. The Morgan fingerprint density at radius 1 is 1.57 bits per heavy atom. The molecule has 2 rings (SSSR count). The van der Waals surface area contributed by atoms with Gasteiger partial charge in [-0.15, -0.1) is 0 Å². The van der Waals surface area contributed by atoms with E-state index < -0.39 is 11.4 Å². The van der Waals surface area contributed by atoms with E-state index in [0.29, 0.717) is 17.9 Å². The lowest BCUT2D eigenvalue weighted by atomic mass is 9.97. The van der Waals surface area contributed by atoms with Crippen molar-refractivity contribution in [2.75, 3.05) is 13.1 Å². The van der Waals surface area contributed by atoms with Crippen LogP contribution in [0.1, 0.15) is 12.7 Å². The summed E-state index contributed by atoms with van der Waals surface area (Å²) in [5.41, 5.74) is 13.2. The van der Waals surface area contributed by atoms with Gasteiger partial charge in [0.2, 0.25) is 5.91 Å². The lowest BCUT2D eigenvalue weighted by Crippen LogP contribution is -2.50. The van der Waals surface area contributed by atoms with Crippen LogP contribution in [-0.4, -0.2) is 19.0 Å². The number of hydrogen-bond donors (Lipinski definition) is 2. The molecule has 0 spiro atoms. The third kappa shape index (κ3) is 3.18. The zero-order chi connectivity index (χ0) is 15.5. The molecule has 0 aliphatic heterocycles. The Hall–Kier alpha value is -2.02. The fourth-order valence-corrected chi connectivity index (χ4v) is 2.34. The third-order valence-corrected chi connectivity index (χ3v) is 3.71. The number of primary amides is 1. The minimum atomic E-state index is -1.17. The number of nitrogens with zero attached hydrogens (tertiary/aromatic N) is 3. The summed E-state index contributed by atoms with van der Waals surface area (Å²) in [4.78, 5) is 14.5. The van der Waals surface area contributed by atoms with Crippen LogP contribution in [-0.2, 0) is 10.3 Å². The van der Waals surface area contributed by atoms with E-state index in [1.165, 1.54) is 0 Å². The van der Waals surface area contributed by atoms with Gasteiger partial charge in [-0.25, -0.2) is 0 Å². The SMILES string of the molecule is CC(NCCN=[N+]=[N-])(C(N)=O)c1cc2cc(Br)ccc2o1. The van der Waals surface area contributed by atoms with Crippen LogP contribution in [0.4, 0.5) is 0 Å². The fraction of sp³-hybridized carbons (Fsp3) is 0.308. The fourth-order valence-electron chi connectivity index (χ4n) is 1.96. The number of amides is 1. The van der Waals surface area contributed by atoms with Crippen LogP contribution >= 0.6 is 15.9 Å². The molecule has 3 N–H and O–H groups in total. The van der Waals surface area contributed by atoms with Crippen LogP contribution in [0.5, 0.6) is 0 Å². The topological polar surface area (TPSA) is 117 Å². The molecule has 1 aromatic heterocycles. The van der Waals surface area contributed by atoms with Crippen molar-refractivity contribution in [2.24, 2.45) is 10.8 Å². The first-order valence-corrected chi connectivity index (χ1v) is 7.02. The molecule has 0 aliphatic carbocycles. The standard InChI is InChI=1S/C13H14BrN5O2/c1-13(12(15)20,17-4-5-18-19-16)11-7-8-6-9(14)2-3-10(8)21-11/h2-3,6-7,17H,4-5H2,1H3,(H2,15,20). The molecular weight excluding hydrogens is 338 g/mol. The Kier molecular flexibility index (Phi) is 4.52. The number of benzene rings is 1. The van der Waals surface area contributed by atoms with Gasteiger partial charge in [-0.3, -0.25) is 10.1 Å². The molecule has 110 valence electrons. The number of rotatable bonds is 6. The van der Waals surface area contributed by atoms with Gasteiger partial charge in [0.05, 0.1) is 0 Å². The lowest BCUT2D eigenvalue weighted by Gasteiger charge is -2.24. The minimum Gasteiger partial charge on any atom is -0.459 e. The molecule has 1 atom stereocenters. The van der Waals surface area contributed by atoms with Crippen molar-refractivity contribution in [2.45, 2.75) is 12.5 Å². The molecule has 8 heteroatoms. The molecule has 21 heavy (non-hydrogen) atoms. The highest BCUT2D eigenvalue weighted by molar-refractivity contribution is 9.10. The Morgan fingerprint density at radius 2 is 2.33 bits per heavy atom. The number of furan rings is 1. The van der Waals surface area contributed by atoms with Crippen LogP contribution in [0.25, 0.3) is 21.4 Å². The van der Waals surface area contributed by atoms with Gasteiger partial charge in [-0.2, -0.15) is 0 Å². The van der Waals surface area contributed by atoms with Gasteiger partial charge < -0.3 is 10.2 Å². The molecule has 1 aromatic carbocycles. The van der Waals surface area contributed by atoms with E-state index in [1.54, 1.807) is 13.0 Å². The van der Waals surface area contributed by atoms with E-state index >= 15 is 0 Å². The van der Waals surface area contributed by atoms with Gasteiger partial charge in [0.15, 0.2) is 5.54 Å². The monoisotopic (exact) mass is 351 g/mol. The predicted molar refractivity (Wildman–Crippen MR) is 82.5 cm³/mol. The zero-order valence-electron chi connectivity index (χ0n) is 11.3. The van der Waals surface area contributed by atoms with Gasteiger partial charge in [-0.1, -0.05) is 21.0 Å². The van der Waals surface area contributed by atoms with Crippen LogP contribution < -0.4 is 11.1 Å². The Balaban J connectivity index is 2.34. The molecule has 2 aromatic rings. The average Bonchev–Trinajstić information content (AvgIpc) is 2.86. The quantitative estimate of drug-likeness (QED) is 0.360. The summed E-state index contributed by atoms with van der Waals surface area (Å²) < 4.78 is 6.64. The summed E-state index contributed by atoms with van der Waals surface area (Å²) in [5.74, 6) is -0.148. The molecule has 0 radical (unpaired) electrons. The molecule has 0 aliphatic rings. The normalized spacial score (nSPS) is 13.6. The summed E-state index contributed by atoms with van der Waals surface area (Å²) >= 11 is 3.38. The van der Waals surface area contributed by atoms with E-state index in [4.69, 9.17) is 15.7 Å². The molecule has 0 fully saturated rings. The molecule has 0 saturated carbocycles. The third-order valence-electron chi connectivity index (χ3n) is 3.22. The molecule has 1 amide bonds. The second kappa shape index (κ2) is 6.17. The summed E-state index contributed by atoms with van der Waals surface area (Å²) in [6.07, 6.45) is 0. The number of hydrogen-bond acceptors (Lipinski definition) is 4. The minimum absolute atomic E-state index is 0.213. The van der Waals surface area contributed by atoms with Crippen molar-refractivity contribution in [1.29, 1.82) is 0 Å². The van der Waals surface area contributed by atoms with Crippen LogP contribution in [0.2, 0.25) is 0 Å². The molecule has 0 saturated heterocycles. The van der Waals surface area contributed by atoms with Gasteiger partial charge in [0, 0.05) is 27.9 Å².